The van der Waals surface area contributed by atoms with Gasteiger partial charge < -0.3 is 5.32 Å². The summed E-state index contributed by atoms with van der Waals surface area (Å²) < 4.78 is 12.9. The van der Waals surface area contributed by atoms with Gasteiger partial charge in [-0.3, -0.25) is 4.98 Å². The fraction of sp³-hybridized carbons (Fsp3) is 0.0500. The second kappa shape index (κ2) is 7.36. The summed E-state index contributed by atoms with van der Waals surface area (Å²) in [5.41, 5.74) is 4.13. The first-order valence-electron chi connectivity index (χ1n) is 7.47. The minimum absolute atomic E-state index is 0.217. The molecule has 0 spiro atoms. The zero-order chi connectivity index (χ0) is 15.9. The number of nitrogens with one attached hydrogen (secondary N) is 1. The molecule has 0 aliphatic carbocycles. The SMILES string of the molecule is Fc1ccc(/C=C/c2ccc(NCc3ccccn3)cc2)cc1. The number of aromatic nitrogens is 1. The maximum Gasteiger partial charge on any atom is 0.123 e. The van der Waals surface area contributed by atoms with E-state index in [9.17, 15) is 4.39 Å². The van der Waals surface area contributed by atoms with Crippen LogP contribution in [0.3, 0.4) is 0 Å². The van der Waals surface area contributed by atoms with Crippen LogP contribution in [0.5, 0.6) is 0 Å². The van der Waals surface area contributed by atoms with Crippen LogP contribution in [0.2, 0.25) is 0 Å². The molecule has 0 aliphatic rings. The molecule has 0 saturated heterocycles. The summed E-state index contributed by atoms with van der Waals surface area (Å²) >= 11 is 0. The summed E-state index contributed by atoms with van der Waals surface area (Å²) in [6.45, 7) is 0.700. The Morgan fingerprint density at radius 3 is 2.09 bits per heavy atom. The topological polar surface area (TPSA) is 24.9 Å². The van der Waals surface area contributed by atoms with E-state index in [-0.39, 0.29) is 5.82 Å². The molecular weight excluding hydrogens is 287 g/mol. The maximum absolute atomic E-state index is 12.9. The first kappa shape index (κ1) is 15.0. The summed E-state index contributed by atoms with van der Waals surface area (Å²) in [5.74, 6) is -0.217. The maximum atomic E-state index is 12.9. The zero-order valence-electron chi connectivity index (χ0n) is 12.6. The van der Waals surface area contributed by atoms with Crippen molar-refractivity contribution in [1.29, 1.82) is 0 Å². The first-order chi connectivity index (χ1) is 11.3. The van der Waals surface area contributed by atoms with E-state index < -0.39 is 0 Å². The number of hydrogen-bond donors (Lipinski definition) is 1. The van der Waals surface area contributed by atoms with Crippen molar-refractivity contribution in [2.75, 3.05) is 5.32 Å². The van der Waals surface area contributed by atoms with E-state index >= 15 is 0 Å². The Hall–Kier alpha value is -2.94. The summed E-state index contributed by atoms with van der Waals surface area (Å²) in [7, 11) is 0. The number of rotatable bonds is 5. The van der Waals surface area contributed by atoms with Gasteiger partial charge in [0, 0.05) is 11.9 Å². The van der Waals surface area contributed by atoms with Crippen LogP contribution < -0.4 is 5.32 Å². The molecule has 0 fully saturated rings. The first-order valence-corrected chi connectivity index (χ1v) is 7.47. The Bertz CT molecular complexity index is 763. The van der Waals surface area contributed by atoms with Crippen LogP contribution in [-0.4, -0.2) is 4.98 Å². The molecule has 114 valence electrons. The van der Waals surface area contributed by atoms with Crippen LogP contribution in [0.15, 0.2) is 72.9 Å². The average Bonchev–Trinajstić information content (AvgIpc) is 2.61. The molecular formula is C20H17FN2. The smallest absolute Gasteiger partial charge is 0.123 e. The fourth-order valence-electron chi connectivity index (χ4n) is 2.17. The average molecular weight is 304 g/mol. The van der Waals surface area contributed by atoms with Gasteiger partial charge in [0.2, 0.25) is 0 Å². The molecule has 1 aromatic heterocycles. The molecule has 3 heteroatoms. The number of pyridine rings is 1. The molecule has 3 rings (SSSR count). The lowest BCUT2D eigenvalue weighted by Gasteiger charge is -2.06. The second-order valence-electron chi connectivity index (χ2n) is 5.18. The van der Waals surface area contributed by atoms with E-state index in [1.54, 1.807) is 18.3 Å². The molecule has 2 aromatic carbocycles. The van der Waals surface area contributed by atoms with Crippen molar-refractivity contribution in [2.24, 2.45) is 0 Å². The molecule has 0 amide bonds. The van der Waals surface area contributed by atoms with Gasteiger partial charge in [-0.05, 0) is 47.5 Å². The van der Waals surface area contributed by atoms with Gasteiger partial charge in [-0.15, -0.1) is 0 Å². The number of hydrogen-bond acceptors (Lipinski definition) is 2. The third kappa shape index (κ3) is 4.51. The molecule has 1 N–H and O–H groups in total. The predicted octanol–water partition coefficient (Wildman–Crippen LogP) is 5.00. The predicted molar refractivity (Wildman–Crippen MR) is 93.3 cm³/mol. The van der Waals surface area contributed by atoms with Crippen LogP contribution >= 0.6 is 0 Å². The Balaban J connectivity index is 1.59. The monoisotopic (exact) mass is 304 g/mol. The molecule has 0 radical (unpaired) electrons. The lowest BCUT2D eigenvalue weighted by Crippen LogP contribution is -2.00. The molecule has 0 bridgehead atoms. The highest BCUT2D eigenvalue weighted by Crippen LogP contribution is 2.14. The number of benzene rings is 2. The molecule has 1 heterocycles. The Kier molecular flexibility index (Phi) is 4.79. The van der Waals surface area contributed by atoms with E-state index in [2.05, 4.69) is 10.3 Å². The highest BCUT2D eigenvalue weighted by Gasteiger charge is 1.95. The Labute approximate surface area is 135 Å². The lowest BCUT2D eigenvalue weighted by atomic mass is 10.1. The molecule has 0 atom stereocenters. The van der Waals surface area contributed by atoms with E-state index in [1.807, 2.05) is 54.6 Å². The Morgan fingerprint density at radius 2 is 1.48 bits per heavy atom. The molecule has 0 unspecified atom stereocenters. The van der Waals surface area contributed by atoms with E-state index in [1.165, 1.54) is 12.1 Å². The highest BCUT2D eigenvalue weighted by molar-refractivity contribution is 5.70. The molecule has 0 aliphatic heterocycles. The van der Waals surface area contributed by atoms with Gasteiger partial charge in [-0.1, -0.05) is 42.5 Å². The van der Waals surface area contributed by atoms with Gasteiger partial charge in [0.1, 0.15) is 5.82 Å². The van der Waals surface area contributed by atoms with Gasteiger partial charge >= 0.3 is 0 Å². The van der Waals surface area contributed by atoms with Crippen molar-refractivity contribution in [3.8, 4) is 0 Å². The van der Waals surface area contributed by atoms with E-state index in [4.69, 9.17) is 0 Å². The largest absolute Gasteiger partial charge is 0.379 e. The molecule has 3 aromatic rings. The minimum Gasteiger partial charge on any atom is -0.379 e. The summed E-state index contributed by atoms with van der Waals surface area (Å²) in [6, 6.07) is 20.5. The van der Waals surface area contributed by atoms with Crippen molar-refractivity contribution in [3.05, 3.63) is 95.6 Å². The zero-order valence-corrected chi connectivity index (χ0v) is 12.6. The second-order valence-corrected chi connectivity index (χ2v) is 5.18. The van der Waals surface area contributed by atoms with Crippen LogP contribution in [0.25, 0.3) is 12.2 Å². The third-order valence-electron chi connectivity index (χ3n) is 3.45. The highest BCUT2D eigenvalue weighted by atomic mass is 19.1. The molecule has 0 saturated carbocycles. The van der Waals surface area contributed by atoms with E-state index in [0.29, 0.717) is 6.54 Å². The van der Waals surface area contributed by atoms with E-state index in [0.717, 1.165) is 22.5 Å². The lowest BCUT2D eigenvalue weighted by molar-refractivity contribution is 0.628. The summed E-state index contributed by atoms with van der Waals surface area (Å²) in [5, 5.41) is 3.34. The summed E-state index contributed by atoms with van der Waals surface area (Å²) in [4.78, 5) is 4.28. The number of nitrogens with zero attached hydrogens (tertiary/aromatic N) is 1. The van der Waals surface area contributed by atoms with Gasteiger partial charge in [0.25, 0.3) is 0 Å². The van der Waals surface area contributed by atoms with Gasteiger partial charge in [-0.2, -0.15) is 0 Å². The van der Waals surface area contributed by atoms with Gasteiger partial charge in [0.05, 0.1) is 12.2 Å². The molecule has 23 heavy (non-hydrogen) atoms. The van der Waals surface area contributed by atoms with Crippen LogP contribution in [0, 0.1) is 5.82 Å². The standard InChI is InChI=1S/C20H17FN2/c21-18-10-6-16(7-11-18)4-5-17-8-12-19(13-9-17)23-15-20-3-1-2-14-22-20/h1-14,23H,15H2/b5-4+. The van der Waals surface area contributed by atoms with Gasteiger partial charge in [-0.25, -0.2) is 4.39 Å². The van der Waals surface area contributed by atoms with Crippen molar-refractivity contribution >= 4 is 17.8 Å². The van der Waals surface area contributed by atoms with Crippen molar-refractivity contribution < 1.29 is 4.39 Å². The fourth-order valence-corrected chi connectivity index (χ4v) is 2.17. The normalized spacial score (nSPS) is 10.8. The van der Waals surface area contributed by atoms with Crippen molar-refractivity contribution in [2.45, 2.75) is 6.54 Å². The van der Waals surface area contributed by atoms with Crippen LogP contribution in [0.1, 0.15) is 16.8 Å². The van der Waals surface area contributed by atoms with Crippen LogP contribution in [-0.2, 0) is 6.54 Å². The van der Waals surface area contributed by atoms with Gasteiger partial charge in [0.15, 0.2) is 0 Å². The van der Waals surface area contributed by atoms with Crippen LogP contribution in [0.4, 0.5) is 10.1 Å². The Morgan fingerprint density at radius 1 is 0.826 bits per heavy atom. The quantitative estimate of drug-likeness (QED) is 0.671. The molecule has 2 nitrogen and oxygen atoms in total. The van der Waals surface area contributed by atoms with Crippen molar-refractivity contribution in [1.82, 2.24) is 4.98 Å². The third-order valence-corrected chi connectivity index (χ3v) is 3.45. The number of anilines is 1. The van der Waals surface area contributed by atoms with Crippen molar-refractivity contribution in [3.63, 3.8) is 0 Å². The minimum atomic E-state index is -0.217. The number of halogens is 1. The summed E-state index contributed by atoms with van der Waals surface area (Å²) in [6.07, 6.45) is 5.77.